The third kappa shape index (κ3) is 5.71. The summed E-state index contributed by atoms with van der Waals surface area (Å²) in [6.45, 7) is 2.20. The van der Waals surface area contributed by atoms with Crippen LogP contribution in [0.5, 0.6) is 0 Å². The van der Waals surface area contributed by atoms with Gasteiger partial charge in [0.1, 0.15) is 0 Å². The molecule has 2 amide bonds. The number of carbonyl (C=O) groups is 2. The predicted molar refractivity (Wildman–Crippen MR) is 85.4 cm³/mol. The largest absolute Gasteiger partial charge is 0.416 e. The molecule has 2 rings (SSSR count). The lowest BCUT2D eigenvalue weighted by Gasteiger charge is -2.34. The number of nitrogens with zero attached hydrogens (tertiary/aromatic N) is 2. The van der Waals surface area contributed by atoms with Crippen molar-refractivity contribution in [3.63, 3.8) is 0 Å². The monoisotopic (exact) mass is 358 g/mol. The van der Waals surface area contributed by atoms with Crippen LogP contribution in [0.15, 0.2) is 24.3 Å². The van der Waals surface area contributed by atoms with E-state index < -0.39 is 17.6 Å². The quantitative estimate of drug-likeness (QED) is 0.800. The van der Waals surface area contributed by atoms with Crippen LogP contribution in [0.1, 0.15) is 11.1 Å². The van der Waals surface area contributed by atoms with E-state index in [4.69, 9.17) is 5.73 Å². The summed E-state index contributed by atoms with van der Waals surface area (Å²) in [6, 6.07) is 5.27. The summed E-state index contributed by atoms with van der Waals surface area (Å²) >= 11 is 0. The fraction of sp³-hybridized carbons (Fsp3) is 0.500. The van der Waals surface area contributed by atoms with Crippen LogP contribution < -0.4 is 11.1 Å². The summed E-state index contributed by atoms with van der Waals surface area (Å²) in [5.74, 6) is -0.586. The highest BCUT2D eigenvalue weighted by Gasteiger charge is 2.30. The van der Waals surface area contributed by atoms with Gasteiger partial charge in [-0.2, -0.15) is 13.2 Å². The molecule has 0 aromatic heterocycles. The van der Waals surface area contributed by atoms with Gasteiger partial charge in [-0.05, 0) is 11.6 Å². The van der Waals surface area contributed by atoms with Gasteiger partial charge in [0.25, 0.3) is 0 Å². The number of alkyl halides is 3. The van der Waals surface area contributed by atoms with Gasteiger partial charge in [0.05, 0.1) is 18.7 Å². The number of piperazine rings is 1. The molecule has 1 fully saturated rings. The van der Waals surface area contributed by atoms with Gasteiger partial charge in [0.2, 0.25) is 11.8 Å². The molecule has 1 aromatic carbocycles. The number of nitrogens with two attached hydrogens (primary N) is 1. The van der Waals surface area contributed by atoms with Crippen molar-refractivity contribution in [2.24, 2.45) is 5.73 Å². The van der Waals surface area contributed by atoms with Gasteiger partial charge < -0.3 is 16.0 Å². The first kappa shape index (κ1) is 19.2. The van der Waals surface area contributed by atoms with Gasteiger partial charge >= 0.3 is 6.18 Å². The highest BCUT2D eigenvalue weighted by molar-refractivity contribution is 5.85. The molecule has 0 unspecified atom stereocenters. The number of benzene rings is 1. The van der Waals surface area contributed by atoms with E-state index in [2.05, 4.69) is 5.32 Å². The molecule has 138 valence electrons. The van der Waals surface area contributed by atoms with Crippen molar-refractivity contribution < 1.29 is 22.8 Å². The molecule has 0 bridgehead atoms. The molecular formula is C16H21F3N4O2. The first-order valence-corrected chi connectivity index (χ1v) is 7.92. The van der Waals surface area contributed by atoms with E-state index in [9.17, 15) is 22.8 Å². The second kappa shape index (κ2) is 8.30. The van der Waals surface area contributed by atoms with E-state index >= 15 is 0 Å². The van der Waals surface area contributed by atoms with Gasteiger partial charge in [-0.3, -0.25) is 14.5 Å². The summed E-state index contributed by atoms with van der Waals surface area (Å²) in [7, 11) is 0. The first-order valence-electron chi connectivity index (χ1n) is 7.92. The standard InChI is InChI=1S/C16H21F3N4O2/c17-16(18,19)13-3-1-2-12(8-13)11-22-4-6-23(7-5-22)15(25)10-21-14(24)9-20/h1-3,8H,4-7,9-11,20H2,(H,21,24). The van der Waals surface area contributed by atoms with Gasteiger partial charge in [-0.25, -0.2) is 0 Å². The van der Waals surface area contributed by atoms with Gasteiger partial charge in [-0.15, -0.1) is 0 Å². The van der Waals surface area contributed by atoms with Crippen LogP contribution in [0.25, 0.3) is 0 Å². The molecule has 6 nitrogen and oxygen atoms in total. The lowest BCUT2D eigenvalue weighted by molar-refractivity contribution is -0.137. The van der Waals surface area contributed by atoms with Gasteiger partial charge in [-0.1, -0.05) is 18.2 Å². The smallest absolute Gasteiger partial charge is 0.346 e. The molecule has 0 spiro atoms. The normalized spacial score (nSPS) is 15.9. The van der Waals surface area contributed by atoms with Crippen LogP contribution in [0, 0.1) is 0 Å². The summed E-state index contributed by atoms with van der Waals surface area (Å²) < 4.78 is 38.2. The molecule has 9 heteroatoms. The minimum Gasteiger partial charge on any atom is -0.346 e. The van der Waals surface area contributed by atoms with E-state index in [1.54, 1.807) is 11.0 Å². The summed E-state index contributed by atoms with van der Waals surface area (Å²) in [4.78, 5) is 26.6. The number of amides is 2. The predicted octanol–water partition coefficient (Wildman–Crippen LogP) is 0.425. The Morgan fingerprint density at radius 2 is 1.84 bits per heavy atom. The Bertz CT molecular complexity index is 614. The Labute approximate surface area is 143 Å². The van der Waals surface area contributed by atoms with Crippen LogP contribution in [0.2, 0.25) is 0 Å². The van der Waals surface area contributed by atoms with Crippen LogP contribution >= 0.6 is 0 Å². The fourth-order valence-corrected chi connectivity index (χ4v) is 2.62. The van der Waals surface area contributed by atoms with Crippen LogP contribution in [0.4, 0.5) is 13.2 Å². The summed E-state index contributed by atoms with van der Waals surface area (Å²) in [6.07, 6.45) is -4.35. The number of carbonyl (C=O) groups excluding carboxylic acids is 2. The maximum Gasteiger partial charge on any atom is 0.416 e. The molecule has 0 atom stereocenters. The van der Waals surface area contributed by atoms with Crippen LogP contribution in [-0.4, -0.2) is 60.9 Å². The van der Waals surface area contributed by atoms with Crippen LogP contribution in [-0.2, 0) is 22.3 Å². The van der Waals surface area contributed by atoms with E-state index in [1.165, 1.54) is 6.07 Å². The number of halogens is 3. The number of rotatable bonds is 5. The Hall–Kier alpha value is -2.13. The lowest BCUT2D eigenvalue weighted by atomic mass is 10.1. The second-order valence-electron chi connectivity index (χ2n) is 5.84. The fourth-order valence-electron chi connectivity index (χ4n) is 2.62. The minimum absolute atomic E-state index is 0.0936. The maximum absolute atomic E-state index is 12.7. The molecule has 0 radical (unpaired) electrons. The molecule has 25 heavy (non-hydrogen) atoms. The highest BCUT2D eigenvalue weighted by atomic mass is 19.4. The zero-order chi connectivity index (χ0) is 18.4. The Morgan fingerprint density at radius 3 is 2.44 bits per heavy atom. The van der Waals surface area contributed by atoms with Crippen molar-refractivity contribution in [3.8, 4) is 0 Å². The summed E-state index contributed by atoms with van der Waals surface area (Å²) in [5, 5.41) is 2.43. The second-order valence-corrected chi connectivity index (χ2v) is 5.84. The minimum atomic E-state index is -4.35. The Balaban J connectivity index is 1.82. The van der Waals surface area contributed by atoms with Gasteiger partial charge in [0, 0.05) is 32.7 Å². The average Bonchev–Trinajstić information content (AvgIpc) is 2.59. The van der Waals surface area contributed by atoms with Crippen molar-refractivity contribution in [2.45, 2.75) is 12.7 Å². The van der Waals surface area contributed by atoms with Crippen molar-refractivity contribution in [2.75, 3.05) is 39.3 Å². The topological polar surface area (TPSA) is 78.7 Å². The molecule has 0 aliphatic carbocycles. The van der Waals surface area contributed by atoms with Crippen molar-refractivity contribution >= 4 is 11.8 Å². The molecule has 1 saturated heterocycles. The SMILES string of the molecule is NCC(=O)NCC(=O)N1CCN(Cc2cccc(C(F)(F)F)c2)CC1. The number of nitrogens with one attached hydrogen (secondary N) is 1. The first-order chi connectivity index (χ1) is 11.8. The molecular weight excluding hydrogens is 337 g/mol. The van der Waals surface area contributed by atoms with E-state index in [0.29, 0.717) is 38.3 Å². The molecule has 0 saturated carbocycles. The van der Waals surface area contributed by atoms with Crippen molar-refractivity contribution in [3.05, 3.63) is 35.4 Å². The lowest BCUT2D eigenvalue weighted by Crippen LogP contribution is -2.51. The molecule has 1 aliphatic rings. The zero-order valence-electron chi connectivity index (χ0n) is 13.7. The maximum atomic E-state index is 12.7. The van der Waals surface area contributed by atoms with Gasteiger partial charge in [0.15, 0.2) is 0 Å². The van der Waals surface area contributed by atoms with Crippen molar-refractivity contribution in [1.82, 2.24) is 15.1 Å². The zero-order valence-corrected chi connectivity index (χ0v) is 13.7. The van der Waals surface area contributed by atoms with Crippen LogP contribution in [0.3, 0.4) is 0 Å². The summed E-state index contributed by atoms with van der Waals surface area (Å²) in [5.41, 5.74) is 5.08. The molecule has 1 heterocycles. The van der Waals surface area contributed by atoms with E-state index in [-0.39, 0.29) is 19.0 Å². The van der Waals surface area contributed by atoms with Crippen molar-refractivity contribution in [1.29, 1.82) is 0 Å². The molecule has 1 aromatic rings. The highest BCUT2D eigenvalue weighted by Crippen LogP contribution is 2.29. The number of hydrogen-bond acceptors (Lipinski definition) is 4. The molecule has 3 N–H and O–H groups in total. The van der Waals surface area contributed by atoms with E-state index in [1.807, 2.05) is 4.90 Å². The third-order valence-corrected chi connectivity index (χ3v) is 4.01. The Morgan fingerprint density at radius 1 is 1.16 bits per heavy atom. The average molecular weight is 358 g/mol. The molecule has 1 aliphatic heterocycles. The number of hydrogen-bond donors (Lipinski definition) is 2. The Kier molecular flexibility index (Phi) is 6.38. The third-order valence-electron chi connectivity index (χ3n) is 4.01. The van der Waals surface area contributed by atoms with E-state index in [0.717, 1.165) is 12.1 Å².